The smallest absolute Gasteiger partial charge is 0.251 e. The van der Waals surface area contributed by atoms with Gasteiger partial charge in [-0.2, -0.15) is 0 Å². The molecule has 6 heteroatoms. The zero-order valence-electron chi connectivity index (χ0n) is 17.2. The zero-order chi connectivity index (χ0) is 20.9. The molecule has 6 nitrogen and oxygen atoms in total. The fourth-order valence-corrected chi connectivity index (χ4v) is 3.70. The summed E-state index contributed by atoms with van der Waals surface area (Å²) >= 11 is 0. The summed E-state index contributed by atoms with van der Waals surface area (Å²) in [7, 11) is 2.22. The van der Waals surface area contributed by atoms with E-state index in [0.29, 0.717) is 5.56 Å². The van der Waals surface area contributed by atoms with Crippen molar-refractivity contribution in [2.45, 2.75) is 0 Å². The van der Waals surface area contributed by atoms with Gasteiger partial charge < -0.3 is 20.4 Å². The van der Waals surface area contributed by atoms with Crippen LogP contribution in [0.2, 0.25) is 0 Å². The van der Waals surface area contributed by atoms with E-state index in [-0.39, 0.29) is 18.4 Å². The van der Waals surface area contributed by atoms with E-state index in [2.05, 4.69) is 22.6 Å². The van der Waals surface area contributed by atoms with Crippen LogP contribution in [0, 0.1) is 0 Å². The maximum absolute atomic E-state index is 12.4. The largest absolute Gasteiger partial charge is 0.360 e. The minimum Gasteiger partial charge on any atom is -0.360 e. The molecule has 154 valence electrons. The van der Waals surface area contributed by atoms with Crippen molar-refractivity contribution >= 4 is 34.0 Å². The first-order valence-corrected chi connectivity index (χ1v) is 10.3. The molecule has 4 rings (SSSR count). The Morgan fingerprint density at radius 2 is 1.63 bits per heavy atom. The van der Waals surface area contributed by atoms with Gasteiger partial charge in [0, 0.05) is 16.9 Å². The summed E-state index contributed by atoms with van der Waals surface area (Å²) in [6.45, 7) is 4.27. The Hall–Kier alpha value is -3.38. The van der Waals surface area contributed by atoms with Crippen molar-refractivity contribution in [3.8, 4) is 0 Å². The maximum atomic E-state index is 12.4. The van der Waals surface area contributed by atoms with E-state index in [9.17, 15) is 9.59 Å². The lowest BCUT2D eigenvalue weighted by atomic mass is 10.1. The Labute approximate surface area is 176 Å². The molecule has 0 unspecified atom stereocenters. The molecule has 30 heavy (non-hydrogen) atoms. The van der Waals surface area contributed by atoms with Gasteiger partial charge in [0.2, 0.25) is 5.91 Å². The van der Waals surface area contributed by atoms with Crippen LogP contribution in [0.4, 0.5) is 11.4 Å². The number of rotatable bonds is 5. The second kappa shape index (κ2) is 8.97. The molecule has 1 aliphatic rings. The highest BCUT2D eigenvalue weighted by Crippen LogP contribution is 2.18. The number of anilines is 2. The molecule has 0 aromatic heterocycles. The second-order valence-corrected chi connectivity index (χ2v) is 7.78. The fraction of sp³-hybridized carbons (Fsp3) is 0.250. The lowest BCUT2D eigenvalue weighted by molar-refractivity contribution is -0.880. The summed E-state index contributed by atoms with van der Waals surface area (Å²) in [6.07, 6.45) is 0. The van der Waals surface area contributed by atoms with E-state index >= 15 is 0 Å². The van der Waals surface area contributed by atoms with Gasteiger partial charge in [-0.3, -0.25) is 9.59 Å². The second-order valence-electron chi connectivity index (χ2n) is 7.78. The highest BCUT2D eigenvalue weighted by atomic mass is 16.2. The molecule has 2 amide bonds. The molecular formula is C24H27N4O2+. The molecule has 1 saturated heterocycles. The Balaban J connectivity index is 1.29. The third-order valence-corrected chi connectivity index (χ3v) is 5.55. The van der Waals surface area contributed by atoms with Crippen LogP contribution in [0.25, 0.3) is 10.8 Å². The highest BCUT2D eigenvalue weighted by molar-refractivity contribution is 6.01. The Bertz CT molecular complexity index is 1040. The number of benzene rings is 3. The van der Waals surface area contributed by atoms with Gasteiger partial charge >= 0.3 is 0 Å². The van der Waals surface area contributed by atoms with Gasteiger partial charge in [-0.15, -0.1) is 0 Å². The van der Waals surface area contributed by atoms with Crippen LogP contribution in [0.5, 0.6) is 0 Å². The molecule has 1 fully saturated rings. The summed E-state index contributed by atoms with van der Waals surface area (Å²) < 4.78 is 0. The number of hydrogen-bond donors (Lipinski definition) is 3. The van der Waals surface area contributed by atoms with Crippen LogP contribution < -0.4 is 20.4 Å². The minimum atomic E-state index is -0.261. The topological polar surface area (TPSA) is 65.9 Å². The molecule has 1 heterocycles. The van der Waals surface area contributed by atoms with E-state index in [4.69, 9.17) is 0 Å². The Kier molecular flexibility index (Phi) is 5.95. The van der Waals surface area contributed by atoms with Crippen molar-refractivity contribution in [1.82, 2.24) is 5.32 Å². The zero-order valence-corrected chi connectivity index (χ0v) is 17.2. The van der Waals surface area contributed by atoms with Gasteiger partial charge in [-0.05, 0) is 47.2 Å². The summed E-state index contributed by atoms with van der Waals surface area (Å²) in [5, 5.41) is 7.60. The van der Waals surface area contributed by atoms with Crippen LogP contribution in [0.3, 0.4) is 0 Å². The number of likely N-dealkylation sites (N-methyl/N-ethyl adjacent to an activating group) is 1. The van der Waals surface area contributed by atoms with E-state index in [1.54, 1.807) is 11.0 Å². The fourth-order valence-electron chi connectivity index (χ4n) is 3.70. The molecule has 1 aliphatic heterocycles. The molecule has 3 aromatic rings. The average molecular weight is 404 g/mol. The number of quaternary nitrogens is 1. The molecule has 0 atom stereocenters. The lowest BCUT2D eigenvalue weighted by Gasteiger charge is -2.31. The summed E-state index contributed by atoms with van der Waals surface area (Å²) in [4.78, 5) is 28.6. The molecular weight excluding hydrogens is 376 g/mol. The summed E-state index contributed by atoms with van der Waals surface area (Å²) in [5.74, 6) is -0.511. The third-order valence-electron chi connectivity index (χ3n) is 5.55. The monoisotopic (exact) mass is 403 g/mol. The maximum Gasteiger partial charge on any atom is 0.251 e. The normalized spacial score (nSPS) is 14.5. The predicted molar refractivity (Wildman–Crippen MR) is 120 cm³/mol. The number of hydrogen-bond acceptors (Lipinski definition) is 3. The van der Waals surface area contributed by atoms with Gasteiger partial charge in [0.1, 0.15) is 0 Å². The Morgan fingerprint density at radius 1 is 0.933 bits per heavy atom. The van der Waals surface area contributed by atoms with Crippen LogP contribution in [0.1, 0.15) is 10.4 Å². The minimum absolute atomic E-state index is 0.0748. The lowest BCUT2D eigenvalue weighted by Crippen LogP contribution is -3.12. The number of nitrogens with one attached hydrogen (secondary N) is 3. The van der Waals surface area contributed by atoms with Crippen molar-refractivity contribution in [2.75, 3.05) is 50.0 Å². The van der Waals surface area contributed by atoms with E-state index < -0.39 is 0 Å². The van der Waals surface area contributed by atoms with Crippen molar-refractivity contribution < 1.29 is 14.5 Å². The molecule has 3 aromatic carbocycles. The van der Waals surface area contributed by atoms with Crippen molar-refractivity contribution in [2.24, 2.45) is 0 Å². The molecule has 0 spiro atoms. The van der Waals surface area contributed by atoms with E-state index in [1.165, 1.54) is 5.69 Å². The van der Waals surface area contributed by atoms with Crippen molar-refractivity contribution in [3.05, 3.63) is 72.3 Å². The molecule has 3 N–H and O–H groups in total. The van der Waals surface area contributed by atoms with Crippen LogP contribution >= 0.6 is 0 Å². The number of nitrogens with zero attached hydrogens (tertiary/aromatic N) is 1. The van der Waals surface area contributed by atoms with Gasteiger partial charge in [0.05, 0.1) is 39.8 Å². The van der Waals surface area contributed by atoms with Gasteiger partial charge in [0.25, 0.3) is 5.91 Å². The molecule has 0 saturated carbocycles. The highest BCUT2D eigenvalue weighted by Gasteiger charge is 2.17. The van der Waals surface area contributed by atoms with E-state index in [1.807, 2.05) is 60.7 Å². The van der Waals surface area contributed by atoms with Crippen LogP contribution in [-0.2, 0) is 4.79 Å². The molecule has 0 radical (unpaired) electrons. The SMILES string of the molecule is C[NH+]1CCN(c2ccc(NC(=O)CNC(=O)c3ccc4ccccc4c3)cc2)CC1. The predicted octanol–water partition coefficient (Wildman–Crippen LogP) is 1.54. The molecule has 0 aliphatic carbocycles. The quantitative estimate of drug-likeness (QED) is 0.606. The number of carbonyl (C=O) groups excluding carboxylic acids is 2. The first kappa shape index (κ1) is 19.9. The Morgan fingerprint density at radius 3 is 2.37 bits per heavy atom. The number of carbonyl (C=O) groups is 2. The standard InChI is InChI=1S/C24H26N4O2/c1-27-12-14-28(15-13-27)22-10-8-21(9-11-22)26-23(29)17-25-24(30)20-7-6-18-4-2-3-5-19(18)16-20/h2-11,16H,12-15,17H2,1H3,(H,25,30)(H,26,29)/p+1. The average Bonchev–Trinajstić information content (AvgIpc) is 2.78. The first-order chi connectivity index (χ1) is 14.6. The van der Waals surface area contributed by atoms with Gasteiger partial charge in [0.15, 0.2) is 0 Å². The number of amides is 2. The van der Waals surface area contributed by atoms with E-state index in [0.717, 1.165) is 42.6 Å². The van der Waals surface area contributed by atoms with Gasteiger partial charge in [-0.1, -0.05) is 30.3 Å². The van der Waals surface area contributed by atoms with Crippen molar-refractivity contribution in [1.29, 1.82) is 0 Å². The van der Waals surface area contributed by atoms with Crippen LogP contribution in [0.15, 0.2) is 66.7 Å². The third kappa shape index (κ3) is 4.78. The summed E-state index contributed by atoms with van der Waals surface area (Å²) in [6, 6.07) is 21.3. The van der Waals surface area contributed by atoms with Crippen molar-refractivity contribution in [3.63, 3.8) is 0 Å². The van der Waals surface area contributed by atoms with Crippen LogP contribution in [-0.4, -0.2) is 51.6 Å². The first-order valence-electron chi connectivity index (χ1n) is 10.3. The number of fused-ring (bicyclic) bond motifs is 1. The van der Waals surface area contributed by atoms with Gasteiger partial charge in [-0.25, -0.2) is 0 Å². The summed E-state index contributed by atoms with van der Waals surface area (Å²) in [5.41, 5.74) is 2.44. The molecule has 0 bridgehead atoms. The number of piperazine rings is 1.